The first-order valence-corrected chi connectivity index (χ1v) is 7.96. The average molecular weight is 301 g/mol. The minimum absolute atomic E-state index is 0.0426. The van der Waals surface area contributed by atoms with E-state index in [2.05, 4.69) is 17.2 Å². The Morgan fingerprint density at radius 2 is 2.23 bits per heavy atom. The lowest BCUT2D eigenvalue weighted by molar-refractivity contribution is -0.0147. The highest BCUT2D eigenvalue weighted by molar-refractivity contribution is 6.00. The van der Waals surface area contributed by atoms with Crippen LogP contribution in [0, 0.1) is 13.8 Å². The number of amides is 1. The first-order valence-electron chi connectivity index (χ1n) is 7.96. The van der Waals surface area contributed by atoms with Gasteiger partial charge >= 0.3 is 0 Å². The Bertz CT molecular complexity index is 687. The Labute approximate surface area is 130 Å². The molecular weight excluding hydrogens is 278 g/mol. The smallest absolute Gasteiger partial charge is 0.255 e. The van der Waals surface area contributed by atoms with Crippen molar-refractivity contribution in [2.75, 3.05) is 6.61 Å². The molecule has 5 heteroatoms. The van der Waals surface area contributed by atoms with Gasteiger partial charge in [0.2, 0.25) is 0 Å². The highest BCUT2D eigenvalue weighted by atomic mass is 16.5. The fourth-order valence-corrected chi connectivity index (χ4v) is 2.94. The fourth-order valence-electron chi connectivity index (χ4n) is 2.94. The SMILES string of the molecule is CCCO[C@H]1C[C@H](NC(=O)c2ccn3c(C)cc(C)nc23)C1. The predicted molar refractivity (Wildman–Crippen MR) is 85.2 cm³/mol. The summed E-state index contributed by atoms with van der Waals surface area (Å²) in [6.07, 6.45) is 5.05. The molecule has 0 atom stereocenters. The van der Waals surface area contributed by atoms with E-state index >= 15 is 0 Å². The highest BCUT2D eigenvalue weighted by Crippen LogP contribution is 2.24. The van der Waals surface area contributed by atoms with Crippen molar-refractivity contribution in [2.24, 2.45) is 0 Å². The fraction of sp³-hybridized carbons (Fsp3) is 0.529. The Hall–Kier alpha value is -1.88. The van der Waals surface area contributed by atoms with Gasteiger partial charge in [-0.05, 0) is 45.2 Å². The molecule has 118 valence electrons. The molecule has 1 fully saturated rings. The van der Waals surface area contributed by atoms with Gasteiger partial charge in [-0.25, -0.2) is 4.98 Å². The van der Waals surface area contributed by atoms with Gasteiger partial charge in [-0.1, -0.05) is 6.92 Å². The molecule has 0 aliphatic heterocycles. The summed E-state index contributed by atoms with van der Waals surface area (Å²) in [4.78, 5) is 17.0. The molecule has 0 unspecified atom stereocenters. The molecule has 0 spiro atoms. The van der Waals surface area contributed by atoms with Crippen molar-refractivity contribution in [3.05, 3.63) is 35.3 Å². The van der Waals surface area contributed by atoms with Crippen molar-refractivity contribution >= 4 is 11.6 Å². The number of aryl methyl sites for hydroxylation is 2. The van der Waals surface area contributed by atoms with Crippen LogP contribution in [0.1, 0.15) is 47.9 Å². The van der Waals surface area contributed by atoms with Crippen LogP contribution in [0.5, 0.6) is 0 Å². The maximum Gasteiger partial charge on any atom is 0.255 e. The molecule has 1 amide bonds. The standard InChI is InChI=1S/C17H23N3O2/c1-4-7-22-14-9-13(10-14)19-17(21)15-5-6-20-12(3)8-11(2)18-16(15)20/h5-6,8,13-14H,4,7,9-10H2,1-3H3,(H,19,21)/t13-,14-. The molecule has 2 aromatic heterocycles. The van der Waals surface area contributed by atoms with Crippen molar-refractivity contribution in [1.82, 2.24) is 14.7 Å². The van der Waals surface area contributed by atoms with Gasteiger partial charge in [0, 0.05) is 30.2 Å². The van der Waals surface area contributed by atoms with Crippen LogP contribution < -0.4 is 5.32 Å². The number of carbonyl (C=O) groups excluding carboxylic acids is 1. The molecule has 0 bridgehead atoms. The maximum absolute atomic E-state index is 12.5. The van der Waals surface area contributed by atoms with Crippen LogP contribution in [-0.4, -0.2) is 34.0 Å². The molecule has 5 nitrogen and oxygen atoms in total. The molecule has 0 aromatic carbocycles. The molecule has 22 heavy (non-hydrogen) atoms. The molecule has 1 aliphatic carbocycles. The Morgan fingerprint density at radius 3 is 2.95 bits per heavy atom. The van der Waals surface area contributed by atoms with Crippen molar-refractivity contribution in [3.63, 3.8) is 0 Å². The number of hydrogen-bond donors (Lipinski definition) is 1. The largest absolute Gasteiger partial charge is 0.378 e. The second kappa shape index (κ2) is 6.08. The van der Waals surface area contributed by atoms with Crippen molar-refractivity contribution in [2.45, 2.75) is 52.2 Å². The zero-order chi connectivity index (χ0) is 15.7. The van der Waals surface area contributed by atoms with Crippen molar-refractivity contribution < 1.29 is 9.53 Å². The zero-order valence-corrected chi connectivity index (χ0v) is 13.4. The number of rotatable bonds is 5. The second-order valence-electron chi connectivity index (χ2n) is 6.10. The molecule has 0 radical (unpaired) electrons. The van der Waals surface area contributed by atoms with Gasteiger partial charge < -0.3 is 14.5 Å². The van der Waals surface area contributed by atoms with E-state index in [4.69, 9.17) is 4.74 Å². The minimum atomic E-state index is -0.0426. The third-order valence-electron chi connectivity index (χ3n) is 4.17. The number of nitrogens with zero attached hydrogens (tertiary/aromatic N) is 2. The molecule has 1 N–H and O–H groups in total. The summed E-state index contributed by atoms with van der Waals surface area (Å²) < 4.78 is 7.62. The van der Waals surface area contributed by atoms with Crippen molar-refractivity contribution in [1.29, 1.82) is 0 Å². The summed E-state index contributed by atoms with van der Waals surface area (Å²) in [5.41, 5.74) is 3.38. The Kier molecular flexibility index (Phi) is 4.16. The number of ether oxygens (including phenoxy) is 1. The van der Waals surface area contributed by atoms with E-state index in [0.29, 0.717) is 11.7 Å². The third kappa shape index (κ3) is 2.86. The summed E-state index contributed by atoms with van der Waals surface area (Å²) >= 11 is 0. The zero-order valence-electron chi connectivity index (χ0n) is 13.4. The lowest BCUT2D eigenvalue weighted by Gasteiger charge is -2.35. The van der Waals surface area contributed by atoms with E-state index in [1.165, 1.54) is 0 Å². The topological polar surface area (TPSA) is 55.6 Å². The van der Waals surface area contributed by atoms with E-state index in [-0.39, 0.29) is 11.9 Å². The molecular formula is C17H23N3O2. The summed E-state index contributed by atoms with van der Waals surface area (Å²) in [5.74, 6) is -0.0426. The van der Waals surface area contributed by atoms with Gasteiger partial charge in [-0.15, -0.1) is 0 Å². The summed E-state index contributed by atoms with van der Waals surface area (Å²) in [7, 11) is 0. The monoisotopic (exact) mass is 301 g/mol. The number of carbonyl (C=O) groups is 1. The van der Waals surface area contributed by atoms with Crippen LogP contribution in [0.2, 0.25) is 0 Å². The molecule has 3 rings (SSSR count). The first-order chi connectivity index (χ1) is 10.6. The van der Waals surface area contributed by atoms with Gasteiger partial charge in [-0.2, -0.15) is 0 Å². The first kappa shape index (κ1) is 15.0. The van der Waals surface area contributed by atoms with E-state index in [0.717, 1.165) is 42.9 Å². The van der Waals surface area contributed by atoms with E-state index in [9.17, 15) is 4.79 Å². The number of aromatic nitrogens is 2. The van der Waals surface area contributed by atoms with Crippen molar-refractivity contribution in [3.8, 4) is 0 Å². The Balaban J connectivity index is 1.67. The molecule has 1 saturated carbocycles. The minimum Gasteiger partial charge on any atom is -0.378 e. The van der Waals surface area contributed by atoms with E-state index in [1.807, 2.05) is 36.6 Å². The van der Waals surface area contributed by atoms with Gasteiger partial charge in [0.25, 0.3) is 5.91 Å². The van der Waals surface area contributed by atoms with Crippen LogP contribution in [-0.2, 0) is 4.74 Å². The quantitative estimate of drug-likeness (QED) is 0.923. The number of fused-ring (bicyclic) bond motifs is 1. The molecule has 1 aliphatic rings. The lowest BCUT2D eigenvalue weighted by Crippen LogP contribution is -2.47. The van der Waals surface area contributed by atoms with E-state index in [1.54, 1.807) is 0 Å². The number of hydrogen-bond acceptors (Lipinski definition) is 3. The average Bonchev–Trinajstić information content (AvgIpc) is 2.85. The maximum atomic E-state index is 12.5. The second-order valence-corrected chi connectivity index (χ2v) is 6.10. The summed E-state index contributed by atoms with van der Waals surface area (Å²) in [6, 6.07) is 4.07. The predicted octanol–water partition coefficient (Wildman–Crippen LogP) is 2.64. The molecule has 2 aromatic rings. The van der Waals surface area contributed by atoms with Crippen LogP contribution in [0.15, 0.2) is 18.3 Å². The number of nitrogens with one attached hydrogen (secondary N) is 1. The van der Waals surface area contributed by atoms with Gasteiger partial charge in [0.05, 0.1) is 11.7 Å². The summed E-state index contributed by atoms with van der Waals surface area (Å²) in [6.45, 7) is 6.87. The van der Waals surface area contributed by atoms with Crippen LogP contribution >= 0.6 is 0 Å². The van der Waals surface area contributed by atoms with Crippen LogP contribution in [0.4, 0.5) is 0 Å². The normalized spacial score (nSPS) is 20.9. The molecule has 2 heterocycles. The third-order valence-corrected chi connectivity index (χ3v) is 4.17. The van der Waals surface area contributed by atoms with Gasteiger partial charge in [0.1, 0.15) is 5.65 Å². The summed E-state index contributed by atoms with van der Waals surface area (Å²) in [5, 5.41) is 3.08. The van der Waals surface area contributed by atoms with Gasteiger partial charge in [0.15, 0.2) is 0 Å². The van der Waals surface area contributed by atoms with Crippen LogP contribution in [0.3, 0.4) is 0 Å². The Morgan fingerprint density at radius 1 is 1.45 bits per heavy atom. The highest BCUT2D eigenvalue weighted by Gasteiger charge is 2.31. The van der Waals surface area contributed by atoms with Crippen LogP contribution in [0.25, 0.3) is 5.65 Å². The molecule has 0 saturated heterocycles. The van der Waals surface area contributed by atoms with E-state index < -0.39 is 0 Å². The van der Waals surface area contributed by atoms with Gasteiger partial charge in [-0.3, -0.25) is 4.79 Å². The lowest BCUT2D eigenvalue weighted by atomic mass is 9.89.